The second-order valence-electron chi connectivity index (χ2n) is 5.04. The predicted octanol–water partition coefficient (Wildman–Crippen LogP) is -0.733. The zero-order chi connectivity index (χ0) is 11.8. The molecule has 16 heavy (non-hydrogen) atoms. The van der Waals surface area contributed by atoms with Crippen LogP contribution in [0.25, 0.3) is 0 Å². The number of rotatable bonds is 1. The number of hydrogen-bond donors (Lipinski definition) is 1. The Hall–Kier alpha value is -0.650. The first-order chi connectivity index (χ1) is 7.53. The monoisotopic (exact) mass is 227 g/mol. The van der Waals surface area contributed by atoms with Gasteiger partial charge in [-0.3, -0.25) is 4.79 Å². The SMILES string of the molecule is CC1CN(C(=O)C2(N)CCOC2)CCN1C. The van der Waals surface area contributed by atoms with E-state index in [4.69, 9.17) is 10.5 Å². The zero-order valence-electron chi connectivity index (χ0n) is 10.1. The van der Waals surface area contributed by atoms with Gasteiger partial charge in [0.05, 0.1) is 6.61 Å². The van der Waals surface area contributed by atoms with E-state index >= 15 is 0 Å². The van der Waals surface area contributed by atoms with Crippen LogP contribution in [0.5, 0.6) is 0 Å². The highest BCUT2D eigenvalue weighted by molar-refractivity contribution is 5.86. The molecule has 2 unspecified atom stereocenters. The Kier molecular flexibility index (Phi) is 3.19. The fraction of sp³-hybridized carbons (Fsp3) is 0.909. The van der Waals surface area contributed by atoms with Crippen molar-refractivity contribution in [2.75, 3.05) is 39.9 Å². The molecule has 5 nitrogen and oxygen atoms in total. The van der Waals surface area contributed by atoms with Crippen LogP contribution in [0.1, 0.15) is 13.3 Å². The van der Waals surface area contributed by atoms with E-state index in [1.165, 1.54) is 0 Å². The summed E-state index contributed by atoms with van der Waals surface area (Å²) in [6.45, 7) is 5.57. The van der Waals surface area contributed by atoms with Gasteiger partial charge in [0.15, 0.2) is 0 Å². The molecule has 5 heteroatoms. The van der Waals surface area contributed by atoms with Gasteiger partial charge in [-0.15, -0.1) is 0 Å². The number of piperazine rings is 1. The largest absolute Gasteiger partial charge is 0.379 e. The molecule has 0 saturated carbocycles. The molecule has 0 aromatic rings. The fourth-order valence-corrected chi connectivity index (χ4v) is 2.30. The van der Waals surface area contributed by atoms with E-state index in [0.717, 1.165) is 19.6 Å². The lowest BCUT2D eigenvalue weighted by Crippen LogP contribution is -2.61. The number of amides is 1. The van der Waals surface area contributed by atoms with E-state index in [2.05, 4.69) is 18.9 Å². The molecule has 2 saturated heterocycles. The molecule has 2 atom stereocenters. The Labute approximate surface area is 96.5 Å². The minimum Gasteiger partial charge on any atom is -0.379 e. The Balaban J connectivity index is 2.00. The van der Waals surface area contributed by atoms with Crippen LogP contribution in [0, 0.1) is 0 Å². The first-order valence-corrected chi connectivity index (χ1v) is 5.89. The number of ether oxygens (including phenoxy) is 1. The molecule has 2 fully saturated rings. The van der Waals surface area contributed by atoms with Gasteiger partial charge < -0.3 is 20.3 Å². The topological polar surface area (TPSA) is 58.8 Å². The second-order valence-corrected chi connectivity index (χ2v) is 5.04. The number of carbonyl (C=O) groups is 1. The molecule has 1 amide bonds. The fourth-order valence-electron chi connectivity index (χ4n) is 2.30. The van der Waals surface area contributed by atoms with E-state index in [-0.39, 0.29) is 5.91 Å². The molecule has 0 aliphatic carbocycles. The number of hydrogen-bond acceptors (Lipinski definition) is 4. The highest BCUT2D eigenvalue weighted by Crippen LogP contribution is 2.20. The molecular weight excluding hydrogens is 206 g/mol. The summed E-state index contributed by atoms with van der Waals surface area (Å²) in [5, 5.41) is 0. The third kappa shape index (κ3) is 2.07. The lowest BCUT2D eigenvalue weighted by Gasteiger charge is -2.40. The first kappa shape index (κ1) is 11.8. The van der Waals surface area contributed by atoms with Gasteiger partial charge in [0, 0.05) is 32.3 Å². The van der Waals surface area contributed by atoms with Crippen LogP contribution >= 0.6 is 0 Å². The van der Waals surface area contributed by atoms with Crippen LogP contribution < -0.4 is 5.73 Å². The second kappa shape index (κ2) is 4.31. The molecule has 0 bridgehead atoms. The van der Waals surface area contributed by atoms with Gasteiger partial charge in [-0.05, 0) is 20.4 Å². The van der Waals surface area contributed by atoms with E-state index in [0.29, 0.717) is 25.7 Å². The summed E-state index contributed by atoms with van der Waals surface area (Å²) >= 11 is 0. The quantitative estimate of drug-likeness (QED) is 0.641. The Morgan fingerprint density at radius 3 is 2.81 bits per heavy atom. The van der Waals surface area contributed by atoms with E-state index < -0.39 is 5.54 Å². The molecule has 0 radical (unpaired) electrons. The normalized spacial score (nSPS) is 36.7. The summed E-state index contributed by atoms with van der Waals surface area (Å²) in [5.41, 5.74) is 5.32. The van der Waals surface area contributed by atoms with E-state index in [1.807, 2.05) is 4.90 Å². The third-order valence-corrected chi connectivity index (χ3v) is 3.72. The van der Waals surface area contributed by atoms with Crippen molar-refractivity contribution in [1.82, 2.24) is 9.80 Å². The van der Waals surface area contributed by atoms with Gasteiger partial charge in [0.1, 0.15) is 5.54 Å². The first-order valence-electron chi connectivity index (χ1n) is 5.89. The van der Waals surface area contributed by atoms with Gasteiger partial charge in [0.2, 0.25) is 5.91 Å². The smallest absolute Gasteiger partial charge is 0.245 e. The van der Waals surface area contributed by atoms with Crippen LogP contribution in [-0.2, 0) is 9.53 Å². The predicted molar refractivity (Wildman–Crippen MR) is 61.0 cm³/mol. The van der Waals surface area contributed by atoms with Gasteiger partial charge in [-0.1, -0.05) is 0 Å². The molecule has 92 valence electrons. The Morgan fingerprint density at radius 1 is 1.50 bits per heavy atom. The summed E-state index contributed by atoms with van der Waals surface area (Å²) in [6, 6.07) is 0.406. The standard InChI is InChI=1S/C11H21N3O2/c1-9-7-14(5-4-13(9)2)10(15)11(12)3-6-16-8-11/h9H,3-8,12H2,1-2H3. The van der Waals surface area contributed by atoms with E-state index in [9.17, 15) is 4.79 Å². The molecule has 0 spiro atoms. The number of nitrogens with zero attached hydrogens (tertiary/aromatic N) is 2. The molecule has 2 aliphatic rings. The minimum absolute atomic E-state index is 0.0601. The van der Waals surface area contributed by atoms with Gasteiger partial charge >= 0.3 is 0 Å². The number of nitrogens with two attached hydrogens (primary N) is 1. The maximum atomic E-state index is 12.3. The maximum absolute atomic E-state index is 12.3. The van der Waals surface area contributed by atoms with Crippen molar-refractivity contribution in [2.24, 2.45) is 5.73 Å². The summed E-state index contributed by atoms with van der Waals surface area (Å²) < 4.78 is 5.24. The van der Waals surface area contributed by atoms with Crippen LogP contribution in [0.4, 0.5) is 0 Å². The van der Waals surface area contributed by atoms with Crippen LogP contribution in [-0.4, -0.2) is 67.2 Å². The molecule has 2 rings (SSSR count). The highest BCUT2D eigenvalue weighted by atomic mass is 16.5. The van der Waals surface area contributed by atoms with Crippen molar-refractivity contribution in [2.45, 2.75) is 24.9 Å². The van der Waals surface area contributed by atoms with Crippen molar-refractivity contribution < 1.29 is 9.53 Å². The van der Waals surface area contributed by atoms with Gasteiger partial charge in [0.25, 0.3) is 0 Å². The van der Waals surface area contributed by atoms with Crippen molar-refractivity contribution in [3.8, 4) is 0 Å². The van der Waals surface area contributed by atoms with Gasteiger partial charge in [-0.25, -0.2) is 0 Å². The highest BCUT2D eigenvalue weighted by Gasteiger charge is 2.42. The van der Waals surface area contributed by atoms with Crippen LogP contribution in [0.2, 0.25) is 0 Å². The summed E-state index contributed by atoms with van der Waals surface area (Å²) in [5.74, 6) is 0.0601. The maximum Gasteiger partial charge on any atom is 0.245 e. The van der Waals surface area contributed by atoms with Gasteiger partial charge in [-0.2, -0.15) is 0 Å². The van der Waals surface area contributed by atoms with Crippen molar-refractivity contribution in [3.05, 3.63) is 0 Å². The average molecular weight is 227 g/mol. The summed E-state index contributed by atoms with van der Waals surface area (Å²) in [7, 11) is 2.09. The number of likely N-dealkylation sites (N-methyl/N-ethyl adjacent to an activating group) is 1. The zero-order valence-corrected chi connectivity index (χ0v) is 10.1. The van der Waals surface area contributed by atoms with Crippen LogP contribution in [0.15, 0.2) is 0 Å². The van der Waals surface area contributed by atoms with Crippen LogP contribution in [0.3, 0.4) is 0 Å². The molecule has 0 aromatic heterocycles. The lowest BCUT2D eigenvalue weighted by molar-refractivity contribution is -0.139. The Bertz CT molecular complexity index is 276. The molecule has 0 aromatic carbocycles. The molecule has 2 N–H and O–H groups in total. The molecular formula is C11H21N3O2. The Morgan fingerprint density at radius 2 is 2.25 bits per heavy atom. The molecule has 2 heterocycles. The average Bonchev–Trinajstić information content (AvgIpc) is 2.70. The van der Waals surface area contributed by atoms with E-state index in [1.54, 1.807) is 0 Å². The molecule has 2 aliphatic heterocycles. The van der Waals surface area contributed by atoms with Crippen molar-refractivity contribution in [1.29, 1.82) is 0 Å². The summed E-state index contributed by atoms with van der Waals surface area (Å²) in [6.07, 6.45) is 0.645. The summed E-state index contributed by atoms with van der Waals surface area (Å²) in [4.78, 5) is 16.4. The van der Waals surface area contributed by atoms with Crippen molar-refractivity contribution >= 4 is 5.91 Å². The number of carbonyl (C=O) groups excluding carboxylic acids is 1. The lowest BCUT2D eigenvalue weighted by atomic mass is 9.97. The minimum atomic E-state index is -0.768. The van der Waals surface area contributed by atoms with Crippen molar-refractivity contribution in [3.63, 3.8) is 0 Å². The third-order valence-electron chi connectivity index (χ3n) is 3.72.